The summed E-state index contributed by atoms with van der Waals surface area (Å²) in [5.74, 6) is 4.94. The Morgan fingerprint density at radius 3 is 1.79 bits per heavy atom. The maximum absolute atomic E-state index is 15.1. The Bertz CT molecular complexity index is 2570. The van der Waals surface area contributed by atoms with Crippen LogP contribution in [0.15, 0.2) is 114 Å². The SMILES string of the molecule is C#Cc1ccc2c(c1)C(c1ccccc1F)=NCc1c(C(=C)N3CCN(C(=O)c4ncn5c4CN=C(c4ccccc4C)c4cc(C#C)ccc4-5)CC3)ncn1-2. The van der Waals surface area contributed by atoms with Crippen LogP contribution in [-0.2, 0) is 13.1 Å². The van der Waals surface area contributed by atoms with Gasteiger partial charge in [-0.3, -0.25) is 23.9 Å². The first-order valence-electron chi connectivity index (χ1n) is 18.3. The zero-order chi connectivity index (χ0) is 38.5. The van der Waals surface area contributed by atoms with Crippen molar-refractivity contribution < 1.29 is 9.18 Å². The van der Waals surface area contributed by atoms with Crippen molar-refractivity contribution in [2.24, 2.45) is 9.98 Å². The van der Waals surface area contributed by atoms with Gasteiger partial charge in [0.15, 0.2) is 5.69 Å². The van der Waals surface area contributed by atoms with E-state index in [1.165, 1.54) is 6.07 Å². The first-order valence-corrected chi connectivity index (χ1v) is 18.3. The summed E-state index contributed by atoms with van der Waals surface area (Å²) in [7, 11) is 0. The summed E-state index contributed by atoms with van der Waals surface area (Å²) >= 11 is 0. The molecule has 1 amide bonds. The lowest BCUT2D eigenvalue weighted by molar-refractivity contribution is 0.0679. The molecule has 9 rings (SSSR count). The summed E-state index contributed by atoms with van der Waals surface area (Å²) in [4.78, 5) is 37.7. The molecule has 10 heteroatoms. The Morgan fingerprint density at radius 2 is 1.20 bits per heavy atom. The van der Waals surface area contributed by atoms with Crippen molar-refractivity contribution in [2.75, 3.05) is 26.2 Å². The van der Waals surface area contributed by atoms with E-state index in [1.54, 1.807) is 30.9 Å². The quantitative estimate of drug-likeness (QED) is 0.187. The first kappa shape index (κ1) is 34.5. The number of amides is 1. The molecule has 0 N–H and O–H groups in total. The zero-order valence-corrected chi connectivity index (χ0v) is 30.7. The van der Waals surface area contributed by atoms with Crippen LogP contribution in [0.2, 0.25) is 0 Å². The van der Waals surface area contributed by atoms with Gasteiger partial charge in [-0.1, -0.05) is 54.8 Å². The molecule has 5 heterocycles. The summed E-state index contributed by atoms with van der Waals surface area (Å²) in [5.41, 5.74) is 11.9. The molecule has 56 heavy (non-hydrogen) atoms. The molecular formula is C46H35FN8O. The van der Waals surface area contributed by atoms with E-state index >= 15 is 4.39 Å². The number of fused-ring (bicyclic) bond motifs is 6. The maximum atomic E-state index is 15.1. The number of imidazole rings is 2. The number of benzene rings is 4. The Hall–Kier alpha value is -7.30. The van der Waals surface area contributed by atoms with Gasteiger partial charge in [-0.25, -0.2) is 14.4 Å². The lowest BCUT2D eigenvalue weighted by atomic mass is 9.95. The van der Waals surface area contributed by atoms with E-state index in [0.717, 1.165) is 62.0 Å². The highest BCUT2D eigenvalue weighted by molar-refractivity contribution is 6.16. The number of carbonyl (C=O) groups excluding carboxylic acids is 1. The van der Waals surface area contributed by atoms with Crippen molar-refractivity contribution in [1.29, 1.82) is 0 Å². The molecule has 0 unspecified atom stereocenters. The largest absolute Gasteiger partial charge is 0.367 e. The predicted octanol–water partition coefficient (Wildman–Crippen LogP) is 6.60. The minimum absolute atomic E-state index is 0.144. The number of aromatic nitrogens is 4. The van der Waals surface area contributed by atoms with Gasteiger partial charge in [-0.15, -0.1) is 12.8 Å². The third kappa shape index (κ3) is 5.71. The number of carbonyl (C=O) groups is 1. The standard InChI is InChI=1S/C46H35FN8O/c1-5-31-15-17-38-35(23-31)43(33-12-8-7-11-29(33)3)48-26-41-45(51-28-55(38)41)46(56)53-21-19-52(20-22-53)30(4)42-40-25-49-44(34-13-9-10-14-37(34)47)36-24-32(6-2)16-18-39(36)54(40)27-50-42/h1-2,7-18,23-24,27-28H,4,19-22,25-26H2,3H3. The van der Waals surface area contributed by atoms with Gasteiger partial charge >= 0.3 is 0 Å². The molecule has 3 aliphatic heterocycles. The molecule has 3 aliphatic rings. The lowest BCUT2D eigenvalue weighted by Gasteiger charge is -2.36. The fraction of sp³-hybridized carbons (Fsp3) is 0.152. The summed E-state index contributed by atoms with van der Waals surface area (Å²) in [6, 6.07) is 26.3. The summed E-state index contributed by atoms with van der Waals surface area (Å²) in [6.45, 7) is 9.09. The van der Waals surface area contributed by atoms with Crippen LogP contribution in [0.1, 0.15) is 66.5 Å². The van der Waals surface area contributed by atoms with Crippen molar-refractivity contribution in [3.8, 4) is 36.1 Å². The van der Waals surface area contributed by atoms with Crippen LogP contribution < -0.4 is 0 Å². The van der Waals surface area contributed by atoms with Crippen LogP contribution in [0.25, 0.3) is 17.1 Å². The van der Waals surface area contributed by atoms with Gasteiger partial charge in [0.1, 0.15) is 24.2 Å². The first-order chi connectivity index (χ1) is 27.3. The van der Waals surface area contributed by atoms with Crippen molar-refractivity contribution >= 4 is 23.0 Å². The highest BCUT2D eigenvalue weighted by Gasteiger charge is 2.31. The zero-order valence-electron chi connectivity index (χ0n) is 30.7. The third-order valence-corrected chi connectivity index (χ3v) is 10.8. The summed E-state index contributed by atoms with van der Waals surface area (Å²) in [5, 5.41) is 0. The van der Waals surface area contributed by atoms with Gasteiger partial charge in [0.05, 0.1) is 53.0 Å². The van der Waals surface area contributed by atoms with Crippen molar-refractivity contribution in [3.63, 3.8) is 0 Å². The number of aryl methyl sites for hydroxylation is 1. The summed E-state index contributed by atoms with van der Waals surface area (Å²) in [6.07, 6.45) is 15.0. The van der Waals surface area contributed by atoms with E-state index in [9.17, 15) is 4.79 Å². The monoisotopic (exact) mass is 734 g/mol. The Balaban J connectivity index is 0.970. The number of halogens is 1. The molecule has 4 aromatic carbocycles. The number of hydrogen-bond acceptors (Lipinski definition) is 6. The van der Waals surface area contributed by atoms with Crippen LogP contribution in [0, 0.1) is 37.4 Å². The number of piperazine rings is 1. The van der Waals surface area contributed by atoms with Crippen molar-refractivity contribution in [3.05, 3.63) is 172 Å². The number of nitrogens with zero attached hydrogens (tertiary/aromatic N) is 8. The fourth-order valence-electron chi connectivity index (χ4n) is 7.85. The third-order valence-electron chi connectivity index (χ3n) is 10.8. The molecule has 0 spiro atoms. The molecule has 2 aromatic heterocycles. The Morgan fingerprint density at radius 1 is 0.679 bits per heavy atom. The van der Waals surface area contributed by atoms with Gasteiger partial charge < -0.3 is 9.80 Å². The van der Waals surface area contributed by atoms with Gasteiger partial charge in [0, 0.05) is 59.6 Å². The van der Waals surface area contributed by atoms with E-state index in [-0.39, 0.29) is 24.8 Å². The normalized spacial score (nSPS) is 14.4. The predicted molar refractivity (Wildman–Crippen MR) is 216 cm³/mol. The molecule has 0 atom stereocenters. The molecule has 0 bridgehead atoms. The number of terminal acetylenes is 2. The number of hydrogen-bond donors (Lipinski definition) is 0. The van der Waals surface area contributed by atoms with Gasteiger partial charge in [0.2, 0.25) is 0 Å². The second-order valence-corrected chi connectivity index (χ2v) is 13.9. The lowest BCUT2D eigenvalue weighted by Crippen LogP contribution is -2.48. The fourth-order valence-corrected chi connectivity index (χ4v) is 7.85. The van der Waals surface area contributed by atoms with Crippen LogP contribution in [0.5, 0.6) is 0 Å². The van der Waals surface area contributed by atoms with E-state index < -0.39 is 0 Å². The van der Waals surface area contributed by atoms with E-state index in [1.807, 2.05) is 62.6 Å². The highest BCUT2D eigenvalue weighted by Crippen LogP contribution is 2.33. The van der Waals surface area contributed by atoms with Gasteiger partial charge in [0.25, 0.3) is 5.91 Å². The minimum atomic E-state index is -0.361. The van der Waals surface area contributed by atoms with E-state index in [0.29, 0.717) is 54.4 Å². The molecule has 0 aliphatic carbocycles. The Labute approximate surface area is 324 Å². The molecule has 1 saturated heterocycles. The molecule has 0 radical (unpaired) electrons. The van der Waals surface area contributed by atoms with Gasteiger partial charge in [-0.2, -0.15) is 0 Å². The van der Waals surface area contributed by atoms with Crippen molar-refractivity contribution in [2.45, 2.75) is 20.0 Å². The topological polar surface area (TPSA) is 83.9 Å². The minimum Gasteiger partial charge on any atom is -0.367 e. The number of rotatable bonds is 5. The smallest absolute Gasteiger partial charge is 0.274 e. The molecule has 0 saturated carbocycles. The second-order valence-electron chi connectivity index (χ2n) is 13.9. The van der Waals surface area contributed by atoms with Gasteiger partial charge in [-0.05, 0) is 61.0 Å². The average molecular weight is 735 g/mol. The highest BCUT2D eigenvalue weighted by atomic mass is 19.1. The van der Waals surface area contributed by atoms with Crippen LogP contribution >= 0.6 is 0 Å². The molecular weight excluding hydrogens is 700 g/mol. The average Bonchev–Trinajstić information content (AvgIpc) is 3.77. The van der Waals surface area contributed by atoms with E-state index in [2.05, 4.69) is 47.4 Å². The molecule has 1 fully saturated rings. The molecule has 9 nitrogen and oxygen atoms in total. The molecule has 272 valence electrons. The summed E-state index contributed by atoms with van der Waals surface area (Å²) < 4.78 is 19.1. The van der Waals surface area contributed by atoms with Crippen molar-refractivity contribution in [1.82, 2.24) is 28.9 Å². The maximum Gasteiger partial charge on any atom is 0.274 e. The van der Waals surface area contributed by atoms with Crippen LogP contribution in [-0.4, -0.2) is 72.4 Å². The molecule has 6 aromatic rings. The van der Waals surface area contributed by atoms with Crippen LogP contribution in [0.4, 0.5) is 4.39 Å². The number of aliphatic imine (C=N–C) groups is 2. The van der Waals surface area contributed by atoms with Crippen LogP contribution in [0.3, 0.4) is 0 Å². The Kier molecular flexibility index (Phi) is 8.52. The van der Waals surface area contributed by atoms with E-state index in [4.69, 9.17) is 27.8 Å². The second kappa shape index (κ2) is 13.8.